The van der Waals surface area contributed by atoms with E-state index in [0.29, 0.717) is 22.8 Å². The molecule has 2 heterocycles. The average molecular weight is 536 g/mol. The maximum absolute atomic E-state index is 12.9. The van der Waals surface area contributed by atoms with E-state index in [1.54, 1.807) is 24.3 Å². The fourth-order valence-corrected chi connectivity index (χ4v) is 3.74. The first-order valence-corrected chi connectivity index (χ1v) is 11.5. The number of carbonyl (C=O) groups excluding carboxylic acids is 3. The van der Waals surface area contributed by atoms with E-state index in [-0.39, 0.29) is 35.9 Å². The topological polar surface area (TPSA) is 154 Å². The molecule has 2 N–H and O–H groups in total. The molecule has 12 heteroatoms. The van der Waals surface area contributed by atoms with Gasteiger partial charge in [0.05, 0.1) is 33.4 Å². The summed E-state index contributed by atoms with van der Waals surface area (Å²) >= 11 is 0. The van der Waals surface area contributed by atoms with Gasteiger partial charge < -0.3 is 33.8 Å². The highest BCUT2D eigenvalue weighted by atomic mass is 16.5. The Bertz CT molecular complexity index is 1430. The Morgan fingerprint density at radius 2 is 1.67 bits per heavy atom. The summed E-state index contributed by atoms with van der Waals surface area (Å²) in [7, 11) is 4.09. The predicted molar refractivity (Wildman–Crippen MR) is 134 cm³/mol. The Kier molecular flexibility index (Phi) is 7.85. The summed E-state index contributed by atoms with van der Waals surface area (Å²) in [6.07, 6.45) is 1.46. The number of amides is 3. The van der Waals surface area contributed by atoms with Crippen LogP contribution in [0, 0.1) is 0 Å². The monoisotopic (exact) mass is 536 g/mol. The van der Waals surface area contributed by atoms with Crippen LogP contribution in [0.3, 0.4) is 0 Å². The van der Waals surface area contributed by atoms with Gasteiger partial charge in [-0.2, -0.15) is 0 Å². The largest absolute Gasteiger partial charge is 0.493 e. The fraction of sp³-hybridized carbons (Fsp3) is 0.185. The van der Waals surface area contributed by atoms with Gasteiger partial charge in [0, 0.05) is 0 Å². The molecule has 0 radical (unpaired) electrons. The van der Waals surface area contributed by atoms with Crippen molar-refractivity contribution in [3.8, 4) is 17.2 Å². The third-order valence-electron chi connectivity index (χ3n) is 5.70. The number of carboxylic acid groups (broad SMARTS) is 1. The fourth-order valence-electron chi connectivity index (χ4n) is 3.74. The average Bonchev–Trinajstić information content (AvgIpc) is 3.51. The molecule has 0 unspecified atom stereocenters. The summed E-state index contributed by atoms with van der Waals surface area (Å²) in [6, 6.07) is 11.7. The molecule has 4 rings (SSSR count). The third kappa shape index (κ3) is 5.85. The van der Waals surface area contributed by atoms with Gasteiger partial charge in [0.15, 0.2) is 11.5 Å². The number of methoxy groups -OCH3 is 3. The maximum Gasteiger partial charge on any atom is 0.373 e. The number of ether oxygens (including phenoxy) is 4. The zero-order valence-corrected chi connectivity index (χ0v) is 21.2. The summed E-state index contributed by atoms with van der Waals surface area (Å²) in [4.78, 5) is 49.0. The molecule has 39 heavy (non-hydrogen) atoms. The molecule has 1 aliphatic rings. The van der Waals surface area contributed by atoms with Gasteiger partial charge in [-0.25, -0.2) is 14.4 Å². The first-order chi connectivity index (χ1) is 18.7. The second-order valence-corrected chi connectivity index (χ2v) is 8.18. The number of hydrogen-bond donors (Lipinski definition) is 2. The summed E-state index contributed by atoms with van der Waals surface area (Å²) in [5.74, 6) is -1.21. The molecule has 1 aliphatic heterocycles. The molecular formula is C27H24N2O10. The van der Waals surface area contributed by atoms with Crippen molar-refractivity contribution in [1.29, 1.82) is 0 Å². The van der Waals surface area contributed by atoms with E-state index in [1.165, 1.54) is 51.7 Å². The van der Waals surface area contributed by atoms with Crippen LogP contribution in [0.4, 0.5) is 4.79 Å². The van der Waals surface area contributed by atoms with Crippen molar-refractivity contribution in [3.05, 3.63) is 82.4 Å². The molecule has 1 saturated heterocycles. The minimum absolute atomic E-state index is 0.0102. The number of carboxylic acids is 1. The van der Waals surface area contributed by atoms with E-state index < -0.39 is 23.9 Å². The van der Waals surface area contributed by atoms with Crippen LogP contribution in [0.1, 0.15) is 37.8 Å². The lowest BCUT2D eigenvalue weighted by Gasteiger charge is -2.15. The zero-order chi connectivity index (χ0) is 28.1. The number of aromatic carboxylic acids is 1. The molecular weight excluding hydrogens is 512 g/mol. The van der Waals surface area contributed by atoms with E-state index >= 15 is 0 Å². The van der Waals surface area contributed by atoms with Crippen LogP contribution in [0.2, 0.25) is 0 Å². The van der Waals surface area contributed by atoms with Crippen molar-refractivity contribution in [2.24, 2.45) is 0 Å². The van der Waals surface area contributed by atoms with Gasteiger partial charge in [0.2, 0.25) is 11.5 Å². The van der Waals surface area contributed by atoms with Crippen LogP contribution in [-0.4, -0.2) is 55.2 Å². The first kappa shape index (κ1) is 26.8. The number of rotatable bonds is 10. The lowest BCUT2D eigenvalue weighted by Crippen LogP contribution is -2.30. The Labute approximate surface area is 222 Å². The SMILES string of the molecule is COC(=O)c1ccc(CN2C(=O)N/C(=C\c3cc(OC)c(OCc4ccc(C(=O)O)cc4)c(OC)c3)C2=O)o1. The quantitative estimate of drug-likeness (QED) is 0.224. The van der Waals surface area contributed by atoms with E-state index in [0.717, 1.165) is 10.5 Å². The number of furan rings is 1. The normalized spacial score (nSPS) is 13.8. The van der Waals surface area contributed by atoms with Gasteiger partial charge in [0.1, 0.15) is 18.1 Å². The lowest BCUT2D eigenvalue weighted by atomic mass is 10.1. The smallest absolute Gasteiger partial charge is 0.373 e. The number of esters is 1. The summed E-state index contributed by atoms with van der Waals surface area (Å²) in [5.41, 5.74) is 1.38. The van der Waals surface area contributed by atoms with Gasteiger partial charge >= 0.3 is 18.0 Å². The van der Waals surface area contributed by atoms with Crippen LogP contribution in [0.25, 0.3) is 6.08 Å². The van der Waals surface area contributed by atoms with Crippen LogP contribution in [0.5, 0.6) is 17.2 Å². The molecule has 1 fully saturated rings. The number of carbonyl (C=O) groups is 4. The van der Waals surface area contributed by atoms with Crippen molar-refractivity contribution in [2.75, 3.05) is 21.3 Å². The van der Waals surface area contributed by atoms with Gasteiger partial charge in [-0.3, -0.25) is 9.69 Å². The first-order valence-electron chi connectivity index (χ1n) is 11.5. The third-order valence-corrected chi connectivity index (χ3v) is 5.70. The number of urea groups is 1. The van der Waals surface area contributed by atoms with Gasteiger partial charge in [-0.05, 0) is 53.6 Å². The van der Waals surface area contributed by atoms with E-state index in [4.69, 9.17) is 23.7 Å². The zero-order valence-electron chi connectivity index (χ0n) is 21.2. The highest BCUT2D eigenvalue weighted by Crippen LogP contribution is 2.39. The van der Waals surface area contributed by atoms with E-state index in [9.17, 15) is 19.2 Å². The molecule has 3 aromatic rings. The number of nitrogens with one attached hydrogen (secondary N) is 1. The van der Waals surface area contributed by atoms with Gasteiger partial charge in [-0.1, -0.05) is 12.1 Å². The highest BCUT2D eigenvalue weighted by Gasteiger charge is 2.34. The Balaban J connectivity index is 1.52. The van der Waals surface area contributed by atoms with Gasteiger partial charge in [-0.15, -0.1) is 0 Å². The van der Waals surface area contributed by atoms with Crippen LogP contribution in [0.15, 0.2) is 58.6 Å². The molecule has 0 atom stereocenters. The van der Waals surface area contributed by atoms with E-state index in [2.05, 4.69) is 10.1 Å². The minimum Gasteiger partial charge on any atom is -0.493 e. The summed E-state index contributed by atoms with van der Waals surface area (Å²) in [6.45, 7) is -0.0765. The Hall–Kier alpha value is -5.26. The Morgan fingerprint density at radius 1 is 1.00 bits per heavy atom. The molecule has 0 bridgehead atoms. The van der Waals surface area contributed by atoms with Crippen molar-refractivity contribution in [1.82, 2.24) is 10.2 Å². The molecule has 0 saturated carbocycles. The Morgan fingerprint density at radius 3 is 2.26 bits per heavy atom. The number of imide groups is 1. The molecule has 0 spiro atoms. The van der Waals surface area contributed by atoms with E-state index in [1.807, 2.05) is 0 Å². The highest BCUT2D eigenvalue weighted by molar-refractivity contribution is 6.13. The second kappa shape index (κ2) is 11.4. The second-order valence-electron chi connectivity index (χ2n) is 8.18. The van der Waals surface area contributed by atoms with Crippen molar-refractivity contribution >= 4 is 30.0 Å². The lowest BCUT2D eigenvalue weighted by molar-refractivity contribution is -0.123. The molecule has 3 amide bonds. The summed E-state index contributed by atoms with van der Waals surface area (Å²) in [5, 5.41) is 11.6. The molecule has 1 aromatic heterocycles. The minimum atomic E-state index is -1.02. The summed E-state index contributed by atoms with van der Waals surface area (Å²) < 4.78 is 26.8. The van der Waals surface area contributed by atoms with Crippen LogP contribution in [-0.2, 0) is 22.7 Å². The molecule has 202 valence electrons. The van der Waals surface area contributed by atoms with Crippen LogP contribution < -0.4 is 19.5 Å². The maximum atomic E-state index is 12.9. The van der Waals surface area contributed by atoms with Crippen molar-refractivity contribution in [2.45, 2.75) is 13.2 Å². The standard InChI is InChI=1S/C27H24N2O10/c1-35-21-11-16(12-22(36-2)23(21)38-14-15-4-6-17(7-5-15)25(31)32)10-19-24(30)29(27(34)28-19)13-18-8-9-20(39-18)26(33)37-3/h4-12H,13-14H2,1-3H3,(H,28,34)(H,31,32)/b19-10-. The van der Waals surface area contributed by atoms with Crippen molar-refractivity contribution in [3.63, 3.8) is 0 Å². The molecule has 0 aliphatic carbocycles. The number of nitrogens with zero attached hydrogens (tertiary/aromatic N) is 1. The van der Waals surface area contributed by atoms with Gasteiger partial charge in [0.25, 0.3) is 5.91 Å². The number of hydrogen-bond acceptors (Lipinski definition) is 9. The predicted octanol–water partition coefficient (Wildman–Crippen LogP) is 3.45. The molecule has 12 nitrogen and oxygen atoms in total. The number of benzene rings is 2. The van der Waals surface area contributed by atoms with Crippen molar-refractivity contribution < 1.29 is 47.6 Å². The van der Waals surface area contributed by atoms with Crippen LogP contribution >= 0.6 is 0 Å². The molecule has 2 aromatic carbocycles.